The molecule has 0 saturated heterocycles. The molecule has 0 radical (unpaired) electrons. The van der Waals surface area contributed by atoms with Crippen LogP contribution in [-0.2, 0) is 0 Å². The molecule has 1 fully saturated rings. The predicted octanol–water partition coefficient (Wildman–Crippen LogP) is 1.89. The Hall–Kier alpha value is -0.120. The first-order valence-electron chi connectivity index (χ1n) is 6.94. The van der Waals surface area contributed by atoms with E-state index in [1.807, 2.05) is 0 Å². The summed E-state index contributed by atoms with van der Waals surface area (Å²) in [5, 5.41) is 12.6. The molecule has 1 aliphatic carbocycles. The first kappa shape index (κ1) is 14.9. The van der Waals surface area contributed by atoms with Crippen LogP contribution >= 0.6 is 0 Å². The maximum atomic E-state index is 8.88. The molecular formula is C14H30N2O. The van der Waals surface area contributed by atoms with Gasteiger partial charge in [0.1, 0.15) is 0 Å². The Bertz CT molecular complexity index is 242. The Labute approximate surface area is 106 Å². The molecule has 102 valence electrons. The summed E-state index contributed by atoms with van der Waals surface area (Å²) in [7, 11) is 0. The Morgan fingerprint density at radius 2 is 2.12 bits per heavy atom. The van der Waals surface area contributed by atoms with Gasteiger partial charge in [0.05, 0.1) is 0 Å². The van der Waals surface area contributed by atoms with Crippen LogP contribution in [0.3, 0.4) is 0 Å². The molecule has 0 heterocycles. The number of nitrogens with one attached hydrogen (secondary N) is 1. The summed E-state index contributed by atoms with van der Waals surface area (Å²) >= 11 is 0. The van der Waals surface area contributed by atoms with Gasteiger partial charge in [-0.2, -0.15) is 0 Å². The Balaban J connectivity index is 2.63. The van der Waals surface area contributed by atoms with Gasteiger partial charge in [-0.1, -0.05) is 20.8 Å². The van der Waals surface area contributed by atoms with Gasteiger partial charge in [-0.3, -0.25) is 0 Å². The predicted molar refractivity (Wildman–Crippen MR) is 72.9 cm³/mol. The SMILES string of the molecule is CC(CCCO)NC1(CN)CC(C)(C)CC1C. The molecule has 1 aliphatic rings. The lowest BCUT2D eigenvalue weighted by atomic mass is 9.85. The van der Waals surface area contributed by atoms with Crippen molar-refractivity contribution in [3.8, 4) is 0 Å². The van der Waals surface area contributed by atoms with Crippen LogP contribution in [-0.4, -0.2) is 29.8 Å². The van der Waals surface area contributed by atoms with Gasteiger partial charge in [-0.25, -0.2) is 0 Å². The van der Waals surface area contributed by atoms with Crippen LogP contribution in [0, 0.1) is 11.3 Å². The minimum absolute atomic E-state index is 0.0956. The molecule has 1 saturated carbocycles. The fraction of sp³-hybridized carbons (Fsp3) is 1.00. The number of hydrogen-bond donors (Lipinski definition) is 3. The van der Waals surface area contributed by atoms with E-state index >= 15 is 0 Å². The minimum Gasteiger partial charge on any atom is -0.396 e. The fourth-order valence-electron chi connectivity index (χ4n) is 3.61. The third-order valence-electron chi connectivity index (χ3n) is 4.29. The van der Waals surface area contributed by atoms with E-state index in [1.165, 1.54) is 6.42 Å². The maximum absolute atomic E-state index is 8.88. The smallest absolute Gasteiger partial charge is 0.0431 e. The Kier molecular flexibility index (Phi) is 4.99. The highest BCUT2D eigenvalue weighted by Gasteiger charge is 2.47. The molecule has 0 amide bonds. The van der Waals surface area contributed by atoms with E-state index in [0.29, 0.717) is 23.9 Å². The summed E-state index contributed by atoms with van der Waals surface area (Å²) in [5.74, 6) is 0.624. The number of aliphatic hydroxyl groups is 1. The monoisotopic (exact) mass is 242 g/mol. The van der Waals surface area contributed by atoms with Crippen LogP contribution in [0.1, 0.15) is 53.4 Å². The zero-order chi connectivity index (χ0) is 13.1. The van der Waals surface area contributed by atoms with E-state index in [1.54, 1.807) is 0 Å². The molecule has 0 aromatic heterocycles. The number of hydrogen-bond acceptors (Lipinski definition) is 3. The topological polar surface area (TPSA) is 58.3 Å². The minimum atomic E-state index is 0.0956. The van der Waals surface area contributed by atoms with Crippen molar-refractivity contribution >= 4 is 0 Å². The second-order valence-corrected chi connectivity index (χ2v) is 6.72. The second-order valence-electron chi connectivity index (χ2n) is 6.72. The molecule has 0 bridgehead atoms. The van der Waals surface area contributed by atoms with Gasteiger partial charge < -0.3 is 16.2 Å². The first-order valence-corrected chi connectivity index (χ1v) is 6.94. The van der Waals surface area contributed by atoms with E-state index in [-0.39, 0.29) is 12.1 Å². The van der Waals surface area contributed by atoms with Gasteiger partial charge in [0.15, 0.2) is 0 Å². The molecule has 0 spiro atoms. The summed E-state index contributed by atoms with van der Waals surface area (Å²) in [4.78, 5) is 0. The van der Waals surface area contributed by atoms with Gasteiger partial charge in [0.25, 0.3) is 0 Å². The molecule has 3 unspecified atom stereocenters. The molecule has 3 nitrogen and oxygen atoms in total. The lowest BCUT2D eigenvalue weighted by molar-refractivity contribution is 0.216. The van der Waals surface area contributed by atoms with Crippen molar-refractivity contribution in [3.63, 3.8) is 0 Å². The molecular weight excluding hydrogens is 212 g/mol. The van der Waals surface area contributed by atoms with Crippen molar-refractivity contribution in [2.24, 2.45) is 17.1 Å². The molecule has 3 heteroatoms. The highest BCUT2D eigenvalue weighted by molar-refractivity contribution is 5.05. The van der Waals surface area contributed by atoms with Gasteiger partial charge in [0, 0.05) is 24.7 Å². The third kappa shape index (κ3) is 3.67. The van der Waals surface area contributed by atoms with Crippen molar-refractivity contribution in [1.29, 1.82) is 0 Å². The zero-order valence-electron chi connectivity index (χ0n) is 11.9. The van der Waals surface area contributed by atoms with Gasteiger partial charge >= 0.3 is 0 Å². The molecule has 1 rings (SSSR count). The summed E-state index contributed by atoms with van der Waals surface area (Å²) in [6, 6.07) is 0.432. The molecule has 0 aliphatic heterocycles. The molecule has 0 aromatic carbocycles. The van der Waals surface area contributed by atoms with Gasteiger partial charge in [0.2, 0.25) is 0 Å². The maximum Gasteiger partial charge on any atom is 0.0431 e. The summed E-state index contributed by atoms with van der Waals surface area (Å²) in [6.07, 6.45) is 4.28. The van der Waals surface area contributed by atoms with Crippen LogP contribution in [0.4, 0.5) is 0 Å². The van der Waals surface area contributed by atoms with Crippen LogP contribution in [0.25, 0.3) is 0 Å². The van der Waals surface area contributed by atoms with Crippen LogP contribution in [0.2, 0.25) is 0 Å². The quantitative estimate of drug-likeness (QED) is 0.666. The number of rotatable bonds is 6. The second kappa shape index (κ2) is 5.68. The molecule has 17 heavy (non-hydrogen) atoms. The van der Waals surface area contributed by atoms with Crippen molar-refractivity contribution in [2.45, 2.75) is 65.0 Å². The van der Waals surface area contributed by atoms with Gasteiger partial charge in [-0.15, -0.1) is 0 Å². The molecule has 3 atom stereocenters. The van der Waals surface area contributed by atoms with Crippen molar-refractivity contribution in [2.75, 3.05) is 13.2 Å². The highest BCUT2D eigenvalue weighted by Crippen LogP contribution is 2.47. The largest absolute Gasteiger partial charge is 0.396 e. The number of nitrogens with two attached hydrogens (primary N) is 1. The van der Waals surface area contributed by atoms with Crippen molar-refractivity contribution < 1.29 is 5.11 Å². The lowest BCUT2D eigenvalue weighted by Crippen LogP contribution is -2.56. The normalized spacial score (nSPS) is 33.9. The Morgan fingerprint density at radius 1 is 1.47 bits per heavy atom. The van der Waals surface area contributed by atoms with E-state index in [9.17, 15) is 0 Å². The highest BCUT2D eigenvalue weighted by atomic mass is 16.2. The summed E-state index contributed by atoms with van der Waals surface area (Å²) < 4.78 is 0. The standard InChI is InChI=1S/C14H30N2O/c1-11-8-13(3,4)9-14(11,10-15)16-12(2)6-5-7-17/h11-12,16-17H,5-10,15H2,1-4H3. The fourth-order valence-corrected chi connectivity index (χ4v) is 3.61. The number of aliphatic hydroxyl groups excluding tert-OH is 1. The van der Waals surface area contributed by atoms with E-state index < -0.39 is 0 Å². The summed E-state index contributed by atoms with van der Waals surface area (Å²) in [5.41, 5.74) is 6.53. The Morgan fingerprint density at radius 3 is 2.53 bits per heavy atom. The van der Waals surface area contributed by atoms with Crippen LogP contribution < -0.4 is 11.1 Å². The van der Waals surface area contributed by atoms with E-state index in [0.717, 1.165) is 19.3 Å². The van der Waals surface area contributed by atoms with Crippen molar-refractivity contribution in [3.05, 3.63) is 0 Å². The lowest BCUT2D eigenvalue weighted by Gasteiger charge is -2.37. The first-order chi connectivity index (χ1) is 7.85. The van der Waals surface area contributed by atoms with E-state index in [4.69, 9.17) is 10.8 Å². The summed E-state index contributed by atoms with van der Waals surface area (Å²) in [6.45, 7) is 10.2. The van der Waals surface area contributed by atoms with Gasteiger partial charge in [-0.05, 0) is 43.9 Å². The van der Waals surface area contributed by atoms with Crippen LogP contribution in [0.5, 0.6) is 0 Å². The van der Waals surface area contributed by atoms with Crippen LogP contribution in [0.15, 0.2) is 0 Å². The molecule has 0 aromatic rings. The average Bonchev–Trinajstić information content (AvgIpc) is 2.46. The van der Waals surface area contributed by atoms with Crippen molar-refractivity contribution in [1.82, 2.24) is 5.32 Å². The average molecular weight is 242 g/mol. The molecule has 4 N–H and O–H groups in total. The van der Waals surface area contributed by atoms with E-state index in [2.05, 4.69) is 33.0 Å². The third-order valence-corrected chi connectivity index (χ3v) is 4.29. The zero-order valence-corrected chi connectivity index (χ0v) is 11.9.